The van der Waals surface area contributed by atoms with Crippen molar-refractivity contribution in [2.75, 3.05) is 0 Å². The van der Waals surface area contributed by atoms with Crippen LogP contribution in [0, 0.1) is 0 Å². The fourth-order valence-corrected chi connectivity index (χ4v) is 2.24. The Labute approximate surface area is 118 Å². The van der Waals surface area contributed by atoms with E-state index >= 15 is 0 Å². The van der Waals surface area contributed by atoms with Gasteiger partial charge in [-0.1, -0.05) is 6.07 Å². The van der Waals surface area contributed by atoms with Crippen LogP contribution in [0.4, 0.5) is 0 Å². The average Bonchev–Trinajstić information content (AvgIpc) is 2.46. The number of hydrogen-bond acceptors (Lipinski definition) is 4. The lowest BCUT2D eigenvalue weighted by atomic mass is 10.1. The summed E-state index contributed by atoms with van der Waals surface area (Å²) in [5, 5.41) is 9.92. The topological polar surface area (TPSA) is 100 Å². The van der Waals surface area contributed by atoms with E-state index in [2.05, 4.69) is 9.97 Å². The highest BCUT2D eigenvalue weighted by Crippen LogP contribution is 2.21. The van der Waals surface area contributed by atoms with Gasteiger partial charge in [-0.15, -0.1) is 0 Å². The monoisotopic (exact) mass is 282 g/mol. The molecule has 0 radical (unpaired) electrons. The molecule has 6 heteroatoms. The van der Waals surface area contributed by atoms with Crippen LogP contribution in [0.2, 0.25) is 0 Å². The van der Waals surface area contributed by atoms with Crippen molar-refractivity contribution in [2.45, 2.75) is 6.92 Å². The van der Waals surface area contributed by atoms with E-state index in [0.717, 1.165) is 6.20 Å². The maximum atomic E-state index is 12.1. The van der Waals surface area contributed by atoms with Crippen molar-refractivity contribution in [1.29, 1.82) is 0 Å². The van der Waals surface area contributed by atoms with Crippen LogP contribution in [0.3, 0.4) is 0 Å². The number of H-pyrrole nitrogens is 1. The molecule has 104 valence electrons. The molecule has 0 unspecified atom stereocenters. The Morgan fingerprint density at radius 3 is 2.71 bits per heavy atom. The van der Waals surface area contributed by atoms with Crippen molar-refractivity contribution in [3.8, 4) is 0 Å². The number of rotatable bonds is 2. The van der Waals surface area contributed by atoms with Crippen molar-refractivity contribution in [3.63, 3.8) is 0 Å². The Bertz CT molecular complexity index is 972. The number of aromatic carboxylic acids is 1. The molecule has 2 aromatic heterocycles. The molecule has 2 N–H and O–H groups in total. The highest BCUT2D eigenvalue weighted by Gasteiger charge is 2.13. The van der Waals surface area contributed by atoms with E-state index in [-0.39, 0.29) is 16.7 Å². The molecule has 1 aromatic carbocycles. The molecule has 6 nitrogen and oxygen atoms in total. The number of pyridine rings is 2. The molecule has 3 aromatic rings. The van der Waals surface area contributed by atoms with Crippen LogP contribution in [0.25, 0.3) is 21.8 Å². The second-order valence-electron chi connectivity index (χ2n) is 4.68. The van der Waals surface area contributed by atoms with Gasteiger partial charge in [0.15, 0.2) is 5.78 Å². The molecule has 0 atom stereocenters. The number of carbonyl (C=O) groups is 2. The van der Waals surface area contributed by atoms with Crippen LogP contribution in [0.15, 0.2) is 35.4 Å². The third-order valence-electron chi connectivity index (χ3n) is 3.34. The summed E-state index contributed by atoms with van der Waals surface area (Å²) in [5.74, 6) is -1.38. The third kappa shape index (κ3) is 1.97. The molecule has 3 rings (SSSR count). The van der Waals surface area contributed by atoms with Crippen LogP contribution in [-0.2, 0) is 0 Å². The number of benzene rings is 1. The molecule has 0 aliphatic heterocycles. The van der Waals surface area contributed by atoms with Crippen molar-refractivity contribution < 1.29 is 14.7 Å². The van der Waals surface area contributed by atoms with E-state index in [1.165, 1.54) is 19.2 Å². The minimum absolute atomic E-state index is 0.0979. The number of hydrogen-bond donors (Lipinski definition) is 2. The first kappa shape index (κ1) is 13.0. The molecule has 0 aliphatic rings. The Hall–Kier alpha value is -3.02. The molecule has 0 saturated heterocycles. The van der Waals surface area contributed by atoms with Crippen LogP contribution in [-0.4, -0.2) is 26.8 Å². The summed E-state index contributed by atoms with van der Waals surface area (Å²) in [6.07, 6.45) is 2.60. The van der Waals surface area contributed by atoms with E-state index in [1.54, 1.807) is 12.1 Å². The zero-order valence-corrected chi connectivity index (χ0v) is 11.0. The summed E-state index contributed by atoms with van der Waals surface area (Å²) in [4.78, 5) is 41.5. The molecule has 0 bridgehead atoms. The van der Waals surface area contributed by atoms with Crippen molar-refractivity contribution in [2.24, 2.45) is 0 Å². The van der Waals surface area contributed by atoms with Crippen LogP contribution in [0.1, 0.15) is 27.6 Å². The van der Waals surface area contributed by atoms with E-state index in [0.29, 0.717) is 22.0 Å². The summed E-state index contributed by atoms with van der Waals surface area (Å²) in [6, 6.07) is 4.88. The molecule has 21 heavy (non-hydrogen) atoms. The minimum Gasteiger partial charge on any atom is -0.477 e. The zero-order valence-electron chi connectivity index (χ0n) is 11.0. The molecule has 0 aliphatic carbocycles. The molecule has 0 fully saturated rings. The number of carboxylic acids is 1. The summed E-state index contributed by atoms with van der Waals surface area (Å²) >= 11 is 0. The van der Waals surface area contributed by atoms with Crippen LogP contribution in [0.5, 0.6) is 0 Å². The fourth-order valence-electron chi connectivity index (χ4n) is 2.24. The number of nitrogens with one attached hydrogen (secondary N) is 1. The standard InChI is InChI=1S/C15H10N2O4/c1-7(18)9-4-8-2-3-10-13(12(8)16-5-9)17-6-11(14(10)19)15(20)21/h2-6H,1H3,(H,17,19)(H,20,21). The van der Waals surface area contributed by atoms with Gasteiger partial charge in [0.05, 0.1) is 11.0 Å². The Morgan fingerprint density at radius 1 is 1.29 bits per heavy atom. The van der Waals surface area contributed by atoms with Crippen LogP contribution >= 0.6 is 0 Å². The van der Waals surface area contributed by atoms with Crippen molar-refractivity contribution in [3.05, 3.63) is 51.9 Å². The van der Waals surface area contributed by atoms with Gasteiger partial charge >= 0.3 is 5.97 Å². The van der Waals surface area contributed by atoms with E-state index < -0.39 is 11.4 Å². The molecule has 0 saturated carbocycles. The Morgan fingerprint density at radius 2 is 2.05 bits per heavy atom. The number of carboxylic acid groups (broad SMARTS) is 1. The Kier molecular flexibility index (Phi) is 2.79. The first-order valence-electron chi connectivity index (χ1n) is 6.17. The second-order valence-corrected chi connectivity index (χ2v) is 4.68. The average molecular weight is 282 g/mol. The molecular formula is C15H10N2O4. The molecule has 0 amide bonds. The lowest BCUT2D eigenvalue weighted by molar-refractivity contribution is 0.0695. The first-order chi connectivity index (χ1) is 9.99. The summed E-state index contributed by atoms with van der Waals surface area (Å²) in [7, 11) is 0. The number of aromatic nitrogens is 2. The third-order valence-corrected chi connectivity index (χ3v) is 3.34. The number of ketones is 1. The lowest BCUT2D eigenvalue weighted by Gasteiger charge is -2.05. The predicted octanol–water partition coefficient (Wildman–Crippen LogP) is 1.98. The van der Waals surface area contributed by atoms with Gasteiger partial charge in [-0.25, -0.2) is 4.79 Å². The van der Waals surface area contributed by atoms with E-state index in [4.69, 9.17) is 5.11 Å². The van der Waals surface area contributed by atoms with Crippen LogP contribution < -0.4 is 5.43 Å². The predicted molar refractivity (Wildman–Crippen MR) is 76.8 cm³/mol. The smallest absolute Gasteiger partial charge is 0.341 e. The second kappa shape index (κ2) is 4.52. The number of aromatic amines is 1. The quantitative estimate of drug-likeness (QED) is 0.553. The summed E-state index contributed by atoms with van der Waals surface area (Å²) in [5.41, 5.74) is 0.577. The SMILES string of the molecule is CC(=O)c1cnc2c(ccc3c(=O)c(C(=O)O)c[nH]c32)c1. The van der Waals surface area contributed by atoms with Gasteiger partial charge in [0.1, 0.15) is 5.56 Å². The fraction of sp³-hybridized carbons (Fsp3) is 0.0667. The number of fused-ring (bicyclic) bond motifs is 3. The molecular weight excluding hydrogens is 272 g/mol. The largest absolute Gasteiger partial charge is 0.477 e. The number of nitrogens with zero attached hydrogens (tertiary/aromatic N) is 1. The van der Waals surface area contributed by atoms with E-state index in [9.17, 15) is 14.4 Å². The zero-order chi connectivity index (χ0) is 15.1. The first-order valence-corrected chi connectivity index (χ1v) is 6.17. The summed E-state index contributed by atoms with van der Waals surface area (Å²) in [6.45, 7) is 1.45. The van der Waals surface area contributed by atoms with Gasteiger partial charge in [0.2, 0.25) is 5.43 Å². The van der Waals surface area contributed by atoms with Crippen molar-refractivity contribution in [1.82, 2.24) is 9.97 Å². The Balaban J connectivity index is 2.40. The molecule has 2 heterocycles. The maximum absolute atomic E-state index is 12.1. The number of Topliss-reactive ketones (excluding diaryl/α,β-unsaturated/α-hetero) is 1. The van der Waals surface area contributed by atoms with Gasteiger partial charge < -0.3 is 10.1 Å². The van der Waals surface area contributed by atoms with Crippen molar-refractivity contribution >= 4 is 33.6 Å². The normalized spacial score (nSPS) is 10.9. The van der Waals surface area contributed by atoms with Gasteiger partial charge in [-0.2, -0.15) is 0 Å². The lowest BCUT2D eigenvalue weighted by Crippen LogP contribution is -2.15. The number of carbonyl (C=O) groups excluding carboxylic acids is 1. The maximum Gasteiger partial charge on any atom is 0.341 e. The highest BCUT2D eigenvalue weighted by molar-refractivity contribution is 6.06. The van der Waals surface area contributed by atoms with Gasteiger partial charge in [-0.3, -0.25) is 14.6 Å². The van der Waals surface area contributed by atoms with Gasteiger partial charge in [0.25, 0.3) is 0 Å². The highest BCUT2D eigenvalue weighted by atomic mass is 16.4. The summed E-state index contributed by atoms with van der Waals surface area (Å²) < 4.78 is 0. The van der Waals surface area contributed by atoms with Gasteiger partial charge in [0, 0.05) is 28.7 Å². The van der Waals surface area contributed by atoms with E-state index in [1.807, 2.05) is 0 Å². The molecule has 0 spiro atoms. The minimum atomic E-state index is -1.28. The van der Waals surface area contributed by atoms with Gasteiger partial charge in [-0.05, 0) is 19.1 Å².